The Labute approximate surface area is 106 Å². The van der Waals surface area contributed by atoms with Gasteiger partial charge in [-0.1, -0.05) is 11.6 Å². The van der Waals surface area contributed by atoms with Crippen LogP contribution in [-0.4, -0.2) is 25.6 Å². The SMILES string of the molecule is COc1cc(NCC(=O)NC(C)C)ccc1Cl. The predicted octanol–water partition coefficient (Wildman–Crippen LogP) is 2.29. The van der Waals surface area contributed by atoms with Crippen LogP contribution in [0.4, 0.5) is 5.69 Å². The second-order valence-electron chi connectivity index (χ2n) is 3.93. The highest BCUT2D eigenvalue weighted by atomic mass is 35.5. The Balaban J connectivity index is 2.55. The first-order valence-electron chi connectivity index (χ1n) is 5.39. The predicted molar refractivity (Wildman–Crippen MR) is 69.8 cm³/mol. The summed E-state index contributed by atoms with van der Waals surface area (Å²) in [6, 6.07) is 5.42. The number of carbonyl (C=O) groups is 1. The van der Waals surface area contributed by atoms with Crippen LogP contribution < -0.4 is 15.4 Å². The fraction of sp³-hybridized carbons (Fsp3) is 0.417. The van der Waals surface area contributed by atoms with E-state index in [-0.39, 0.29) is 18.5 Å². The molecule has 0 bridgehead atoms. The van der Waals surface area contributed by atoms with Crippen molar-refractivity contribution in [2.24, 2.45) is 0 Å². The molecule has 0 unspecified atom stereocenters. The Hall–Kier alpha value is -1.42. The maximum Gasteiger partial charge on any atom is 0.239 e. The van der Waals surface area contributed by atoms with Gasteiger partial charge in [0.05, 0.1) is 18.7 Å². The summed E-state index contributed by atoms with van der Waals surface area (Å²) in [6.07, 6.45) is 0. The van der Waals surface area contributed by atoms with Crippen molar-refractivity contribution in [1.82, 2.24) is 5.32 Å². The van der Waals surface area contributed by atoms with E-state index in [1.165, 1.54) is 0 Å². The molecule has 0 aliphatic carbocycles. The highest BCUT2D eigenvalue weighted by Crippen LogP contribution is 2.27. The van der Waals surface area contributed by atoms with Crippen LogP contribution in [0.1, 0.15) is 13.8 Å². The number of rotatable bonds is 5. The van der Waals surface area contributed by atoms with Crippen molar-refractivity contribution in [3.63, 3.8) is 0 Å². The van der Waals surface area contributed by atoms with E-state index in [2.05, 4.69) is 10.6 Å². The minimum Gasteiger partial charge on any atom is -0.495 e. The molecule has 0 saturated carbocycles. The summed E-state index contributed by atoms with van der Waals surface area (Å²) in [6.45, 7) is 4.06. The molecule has 2 N–H and O–H groups in total. The third kappa shape index (κ3) is 4.53. The lowest BCUT2D eigenvalue weighted by Gasteiger charge is -2.11. The average molecular weight is 257 g/mol. The Morgan fingerprint density at radius 3 is 2.76 bits per heavy atom. The summed E-state index contributed by atoms with van der Waals surface area (Å²) in [5.74, 6) is 0.537. The first-order chi connectivity index (χ1) is 8.02. The quantitative estimate of drug-likeness (QED) is 0.850. The molecule has 0 heterocycles. The van der Waals surface area contributed by atoms with Crippen LogP contribution in [0.3, 0.4) is 0 Å². The van der Waals surface area contributed by atoms with E-state index >= 15 is 0 Å². The van der Waals surface area contributed by atoms with E-state index in [0.717, 1.165) is 5.69 Å². The number of carbonyl (C=O) groups excluding carboxylic acids is 1. The molecule has 0 fully saturated rings. The molecule has 1 aromatic carbocycles. The van der Waals surface area contributed by atoms with Crippen LogP contribution in [0.2, 0.25) is 5.02 Å². The summed E-state index contributed by atoms with van der Waals surface area (Å²) >= 11 is 5.90. The van der Waals surface area contributed by atoms with E-state index in [1.807, 2.05) is 13.8 Å². The van der Waals surface area contributed by atoms with Crippen molar-refractivity contribution < 1.29 is 9.53 Å². The molecule has 0 saturated heterocycles. The number of hydrogen-bond donors (Lipinski definition) is 2. The molecular weight excluding hydrogens is 240 g/mol. The van der Waals surface area contributed by atoms with Crippen molar-refractivity contribution in [2.75, 3.05) is 19.0 Å². The molecule has 1 rings (SSSR count). The normalized spacial score (nSPS) is 10.2. The van der Waals surface area contributed by atoms with Crippen LogP contribution >= 0.6 is 11.6 Å². The topological polar surface area (TPSA) is 50.4 Å². The summed E-state index contributed by atoms with van der Waals surface area (Å²) in [7, 11) is 1.55. The number of ether oxygens (including phenoxy) is 1. The number of amides is 1. The first-order valence-corrected chi connectivity index (χ1v) is 5.77. The summed E-state index contributed by atoms with van der Waals surface area (Å²) in [4.78, 5) is 11.4. The molecular formula is C12H17ClN2O2. The van der Waals surface area contributed by atoms with Gasteiger partial charge >= 0.3 is 0 Å². The number of anilines is 1. The standard InChI is InChI=1S/C12H17ClN2O2/c1-8(2)15-12(16)7-14-9-4-5-10(13)11(6-9)17-3/h4-6,8,14H,7H2,1-3H3,(H,15,16). The van der Waals surface area contributed by atoms with E-state index in [1.54, 1.807) is 25.3 Å². The van der Waals surface area contributed by atoms with Gasteiger partial charge in [-0.25, -0.2) is 0 Å². The lowest BCUT2D eigenvalue weighted by Crippen LogP contribution is -2.34. The van der Waals surface area contributed by atoms with Gasteiger partial charge in [-0.3, -0.25) is 4.79 Å². The minimum atomic E-state index is -0.0473. The second-order valence-corrected chi connectivity index (χ2v) is 4.33. The Kier molecular flexibility index (Phi) is 5.10. The number of hydrogen-bond acceptors (Lipinski definition) is 3. The smallest absolute Gasteiger partial charge is 0.239 e. The number of halogens is 1. The molecule has 0 atom stereocenters. The van der Waals surface area contributed by atoms with E-state index < -0.39 is 0 Å². The molecule has 4 nitrogen and oxygen atoms in total. The molecule has 0 spiro atoms. The molecule has 1 aromatic rings. The van der Waals surface area contributed by atoms with Crippen molar-refractivity contribution in [2.45, 2.75) is 19.9 Å². The average Bonchev–Trinajstić information content (AvgIpc) is 2.27. The van der Waals surface area contributed by atoms with Crippen LogP contribution in [0.15, 0.2) is 18.2 Å². The third-order valence-electron chi connectivity index (χ3n) is 2.05. The molecule has 5 heteroatoms. The van der Waals surface area contributed by atoms with Gasteiger partial charge in [0.25, 0.3) is 0 Å². The lowest BCUT2D eigenvalue weighted by atomic mass is 10.3. The van der Waals surface area contributed by atoms with Gasteiger partial charge in [-0.15, -0.1) is 0 Å². The molecule has 0 aromatic heterocycles. The molecule has 0 radical (unpaired) electrons. The summed E-state index contributed by atoms with van der Waals surface area (Å²) < 4.78 is 5.08. The zero-order chi connectivity index (χ0) is 12.8. The van der Waals surface area contributed by atoms with Crippen molar-refractivity contribution in [3.05, 3.63) is 23.2 Å². The monoisotopic (exact) mass is 256 g/mol. The van der Waals surface area contributed by atoms with Gasteiger partial charge < -0.3 is 15.4 Å². The van der Waals surface area contributed by atoms with Crippen molar-refractivity contribution >= 4 is 23.2 Å². The third-order valence-corrected chi connectivity index (χ3v) is 2.37. The van der Waals surface area contributed by atoms with E-state index in [4.69, 9.17) is 16.3 Å². The Morgan fingerprint density at radius 2 is 2.18 bits per heavy atom. The van der Waals surface area contributed by atoms with Crippen LogP contribution in [0.25, 0.3) is 0 Å². The van der Waals surface area contributed by atoms with Crippen LogP contribution in [0, 0.1) is 0 Å². The molecule has 0 aliphatic rings. The maximum absolute atomic E-state index is 11.4. The summed E-state index contributed by atoms with van der Waals surface area (Å²) in [5, 5.41) is 6.34. The van der Waals surface area contributed by atoms with Gasteiger partial charge in [0, 0.05) is 17.8 Å². The fourth-order valence-corrected chi connectivity index (χ4v) is 1.52. The zero-order valence-corrected chi connectivity index (χ0v) is 11.0. The van der Waals surface area contributed by atoms with Gasteiger partial charge in [-0.2, -0.15) is 0 Å². The molecule has 17 heavy (non-hydrogen) atoms. The van der Waals surface area contributed by atoms with Gasteiger partial charge in [-0.05, 0) is 26.0 Å². The van der Waals surface area contributed by atoms with Gasteiger partial charge in [0.15, 0.2) is 0 Å². The fourth-order valence-electron chi connectivity index (χ4n) is 1.33. The van der Waals surface area contributed by atoms with Crippen LogP contribution in [-0.2, 0) is 4.79 Å². The number of methoxy groups -OCH3 is 1. The largest absolute Gasteiger partial charge is 0.495 e. The number of benzene rings is 1. The van der Waals surface area contributed by atoms with Gasteiger partial charge in [0.2, 0.25) is 5.91 Å². The highest BCUT2D eigenvalue weighted by molar-refractivity contribution is 6.32. The summed E-state index contributed by atoms with van der Waals surface area (Å²) in [5.41, 5.74) is 0.796. The highest BCUT2D eigenvalue weighted by Gasteiger charge is 2.05. The lowest BCUT2D eigenvalue weighted by molar-refractivity contribution is -0.119. The minimum absolute atomic E-state index is 0.0473. The van der Waals surface area contributed by atoms with Gasteiger partial charge in [0.1, 0.15) is 5.75 Å². The second kappa shape index (κ2) is 6.35. The Morgan fingerprint density at radius 1 is 1.47 bits per heavy atom. The van der Waals surface area contributed by atoms with Crippen molar-refractivity contribution in [1.29, 1.82) is 0 Å². The van der Waals surface area contributed by atoms with E-state index in [9.17, 15) is 4.79 Å². The zero-order valence-electron chi connectivity index (χ0n) is 10.2. The number of nitrogens with one attached hydrogen (secondary N) is 2. The van der Waals surface area contributed by atoms with Crippen molar-refractivity contribution in [3.8, 4) is 5.75 Å². The van der Waals surface area contributed by atoms with Crippen LogP contribution in [0.5, 0.6) is 5.75 Å². The molecule has 1 amide bonds. The van der Waals surface area contributed by atoms with E-state index in [0.29, 0.717) is 10.8 Å². The Bertz CT molecular complexity index is 394. The first kappa shape index (κ1) is 13.6. The molecule has 0 aliphatic heterocycles. The molecule has 94 valence electrons. The maximum atomic E-state index is 11.4.